The number of hydrogen-bond donors (Lipinski definition) is 3. The van der Waals surface area contributed by atoms with Crippen LogP contribution in [0, 0.1) is 0 Å². The Morgan fingerprint density at radius 1 is 1.33 bits per heavy atom. The molecule has 0 saturated carbocycles. The van der Waals surface area contributed by atoms with Crippen molar-refractivity contribution in [2.75, 3.05) is 31.7 Å². The molecule has 0 spiro atoms. The summed E-state index contributed by atoms with van der Waals surface area (Å²) in [5.41, 5.74) is 0. The highest BCUT2D eigenvalue weighted by atomic mass is 35.5. The molecule has 0 aliphatic heterocycles. The Morgan fingerprint density at radius 2 is 1.96 bits per heavy atom. The van der Waals surface area contributed by atoms with E-state index in [9.17, 15) is 13.2 Å². The zero-order chi connectivity index (χ0) is 17.3. The van der Waals surface area contributed by atoms with E-state index in [1.165, 1.54) is 23.9 Å². The lowest BCUT2D eigenvalue weighted by Gasteiger charge is -2.11. The Labute approximate surface area is 153 Å². The molecule has 1 unspecified atom stereocenters. The summed E-state index contributed by atoms with van der Waals surface area (Å²) >= 11 is 1.47. The number of carbonyl (C=O) groups is 1. The van der Waals surface area contributed by atoms with Gasteiger partial charge >= 0.3 is 0 Å². The standard InChI is InChI=1S/C14H23N3O4S2.ClH/c1-11(16-2)9-17-14(18)10-22-8-7-21-12-3-5-13(6-4-12)23(15,19)20;/h3-6,11,16H,7-10H2,1-2H3,(H,17,18)(H2,15,19,20);1H. The molecule has 1 rings (SSSR count). The number of rotatable bonds is 10. The highest BCUT2D eigenvalue weighted by Gasteiger charge is 2.07. The van der Waals surface area contributed by atoms with Crippen LogP contribution >= 0.6 is 24.2 Å². The molecule has 1 aromatic rings. The van der Waals surface area contributed by atoms with E-state index in [0.29, 0.717) is 30.4 Å². The van der Waals surface area contributed by atoms with E-state index in [1.54, 1.807) is 12.1 Å². The summed E-state index contributed by atoms with van der Waals surface area (Å²) in [6.07, 6.45) is 0. The Balaban J connectivity index is 0.00000529. The largest absolute Gasteiger partial charge is 0.493 e. The van der Waals surface area contributed by atoms with Crippen LogP contribution in [0.5, 0.6) is 5.75 Å². The molecule has 0 bridgehead atoms. The molecular formula is C14H24ClN3O4S2. The lowest BCUT2D eigenvalue weighted by molar-refractivity contribution is -0.118. The Morgan fingerprint density at radius 3 is 2.50 bits per heavy atom. The van der Waals surface area contributed by atoms with Crippen molar-refractivity contribution in [1.29, 1.82) is 0 Å². The van der Waals surface area contributed by atoms with E-state index in [1.807, 2.05) is 14.0 Å². The molecule has 1 atom stereocenters. The van der Waals surface area contributed by atoms with Crippen LogP contribution in [0.1, 0.15) is 6.92 Å². The van der Waals surface area contributed by atoms with Crippen molar-refractivity contribution in [2.24, 2.45) is 5.14 Å². The topological polar surface area (TPSA) is 111 Å². The van der Waals surface area contributed by atoms with Crippen LogP contribution in [0.3, 0.4) is 0 Å². The summed E-state index contributed by atoms with van der Waals surface area (Å²) in [5.74, 6) is 1.59. The van der Waals surface area contributed by atoms with Gasteiger partial charge in [0.25, 0.3) is 0 Å². The van der Waals surface area contributed by atoms with Crippen molar-refractivity contribution in [3.8, 4) is 5.75 Å². The van der Waals surface area contributed by atoms with E-state index in [2.05, 4.69) is 10.6 Å². The van der Waals surface area contributed by atoms with Crippen LogP contribution in [0.2, 0.25) is 0 Å². The van der Waals surface area contributed by atoms with Gasteiger partial charge in [-0.05, 0) is 38.2 Å². The van der Waals surface area contributed by atoms with Crippen molar-refractivity contribution < 1.29 is 17.9 Å². The molecule has 0 radical (unpaired) electrons. The lowest BCUT2D eigenvalue weighted by Crippen LogP contribution is -2.37. The highest BCUT2D eigenvalue weighted by Crippen LogP contribution is 2.15. The van der Waals surface area contributed by atoms with Gasteiger partial charge in [0, 0.05) is 18.3 Å². The third-order valence-corrected chi connectivity index (χ3v) is 4.83. The van der Waals surface area contributed by atoms with Crippen molar-refractivity contribution >= 4 is 40.1 Å². The average Bonchev–Trinajstić information content (AvgIpc) is 2.51. The van der Waals surface area contributed by atoms with Gasteiger partial charge in [0.2, 0.25) is 15.9 Å². The molecule has 0 heterocycles. The molecule has 10 heteroatoms. The lowest BCUT2D eigenvalue weighted by atomic mass is 10.3. The molecule has 24 heavy (non-hydrogen) atoms. The van der Waals surface area contributed by atoms with Gasteiger partial charge in [0.1, 0.15) is 5.75 Å². The van der Waals surface area contributed by atoms with Crippen LogP contribution < -0.4 is 20.5 Å². The third-order valence-electron chi connectivity index (χ3n) is 2.98. The predicted octanol–water partition coefficient (Wildman–Crippen LogP) is 0.592. The fourth-order valence-corrected chi connectivity index (χ4v) is 2.68. The maximum atomic E-state index is 11.6. The molecule has 0 saturated heterocycles. The molecule has 0 aliphatic carbocycles. The van der Waals surface area contributed by atoms with Gasteiger partial charge in [-0.3, -0.25) is 4.79 Å². The maximum absolute atomic E-state index is 11.6. The van der Waals surface area contributed by atoms with Gasteiger partial charge < -0.3 is 15.4 Å². The first kappa shape index (κ1) is 23.0. The number of benzene rings is 1. The fourth-order valence-electron chi connectivity index (χ4n) is 1.53. The summed E-state index contributed by atoms with van der Waals surface area (Å²) in [6, 6.07) is 6.14. The Kier molecular flexibility index (Phi) is 11.1. The molecule has 1 aromatic carbocycles. The average molecular weight is 398 g/mol. The number of sulfonamides is 1. The van der Waals surface area contributed by atoms with Gasteiger partial charge in [0.05, 0.1) is 17.3 Å². The van der Waals surface area contributed by atoms with Crippen molar-refractivity contribution in [3.63, 3.8) is 0 Å². The van der Waals surface area contributed by atoms with Gasteiger partial charge in [-0.25, -0.2) is 13.6 Å². The molecule has 0 aliphatic rings. The number of thioether (sulfide) groups is 1. The Hall–Kier alpha value is -1.00. The molecule has 138 valence electrons. The minimum Gasteiger partial charge on any atom is -0.493 e. The molecule has 1 amide bonds. The SMILES string of the molecule is CNC(C)CNC(=O)CSCCOc1ccc(S(N)(=O)=O)cc1.Cl. The van der Waals surface area contributed by atoms with Crippen LogP contribution in [-0.4, -0.2) is 52.1 Å². The first-order chi connectivity index (χ1) is 10.8. The van der Waals surface area contributed by atoms with Gasteiger partial charge in [0.15, 0.2) is 0 Å². The van der Waals surface area contributed by atoms with E-state index in [0.717, 1.165) is 0 Å². The number of hydrogen-bond acceptors (Lipinski definition) is 6. The van der Waals surface area contributed by atoms with E-state index >= 15 is 0 Å². The predicted molar refractivity (Wildman–Crippen MR) is 99.4 cm³/mol. The summed E-state index contributed by atoms with van der Waals surface area (Å²) in [6.45, 7) is 3.02. The van der Waals surface area contributed by atoms with Gasteiger partial charge in [-0.2, -0.15) is 0 Å². The van der Waals surface area contributed by atoms with Gasteiger partial charge in [-0.1, -0.05) is 0 Å². The van der Waals surface area contributed by atoms with Crippen LogP contribution in [-0.2, 0) is 14.8 Å². The zero-order valence-electron chi connectivity index (χ0n) is 13.7. The second-order valence-electron chi connectivity index (χ2n) is 4.91. The highest BCUT2D eigenvalue weighted by molar-refractivity contribution is 7.99. The number of likely N-dealkylation sites (N-methyl/N-ethyl adjacent to an activating group) is 1. The van der Waals surface area contributed by atoms with Crippen LogP contribution in [0.15, 0.2) is 29.2 Å². The number of primary sulfonamides is 1. The Bertz CT molecular complexity index is 597. The number of ether oxygens (including phenoxy) is 1. The quantitative estimate of drug-likeness (QED) is 0.498. The second kappa shape index (κ2) is 11.5. The smallest absolute Gasteiger partial charge is 0.238 e. The van der Waals surface area contributed by atoms with Crippen molar-refractivity contribution in [2.45, 2.75) is 17.9 Å². The minimum absolute atomic E-state index is 0. The third kappa shape index (κ3) is 9.33. The molecule has 0 aromatic heterocycles. The number of carbonyl (C=O) groups excluding carboxylic acids is 1. The number of nitrogens with one attached hydrogen (secondary N) is 2. The first-order valence-electron chi connectivity index (χ1n) is 7.10. The van der Waals surface area contributed by atoms with E-state index in [4.69, 9.17) is 9.88 Å². The summed E-state index contributed by atoms with van der Waals surface area (Å²) < 4.78 is 27.7. The molecular weight excluding hydrogens is 374 g/mol. The molecule has 4 N–H and O–H groups in total. The molecule has 0 fully saturated rings. The fraction of sp³-hybridized carbons (Fsp3) is 0.500. The monoisotopic (exact) mass is 397 g/mol. The first-order valence-corrected chi connectivity index (χ1v) is 9.80. The summed E-state index contributed by atoms with van der Waals surface area (Å²) in [7, 11) is -1.83. The minimum atomic E-state index is -3.68. The molecule has 7 nitrogen and oxygen atoms in total. The number of halogens is 1. The normalized spacial score (nSPS) is 12.1. The number of nitrogens with two attached hydrogens (primary N) is 1. The number of amides is 1. The maximum Gasteiger partial charge on any atom is 0.238 e. The summed E-state index contributed by atoms with van der Waals surface area (Å²) in [5, 5.41) is 10.9. The zero-order valence-corrected chi connectivity index (χ0v) is 16.1. The van der Waals surface area contributed by atoms with Gasteiger partial charge in [-0.15, -0.1) is 24.2 Å². The van der Waals surface area contributed by atoms with Crippen LogP contribution in [0.4, 0.5) is 0 Å². The van der Waals surface area contributed by atoms with Crippen molar-refractivity contribution in [1.82, 2.24) is 10.6 Å². The van der Waals surface area contributed by atoms with E-state index in [-0.39, 0.29) is 29.3 Å². The van der Waals surface area contributed by atoms with Crippen LogP contribution in [0.25, 0.3) is 0 Å². The van der Waals surface area contributed by atoms with E-state index < -0.39 is 10.0 Å². The summed E-state index contributed by atoms with van der Waals surface area (Å²) in [4.78, 5) is 11.6. The second-order valence-corrected chi connectivity index (χ2v) is 7.58. The van der Waals surface area contributed by atoms with Crippen molar-refractivity contribution in [3.05, 3.63) is 24.3 Å².